The lowest BCUT2D eigenvalue weighted by atomic mass is 10.0. The molecule has 0 radical (unpaired) electrons. The third-order valence-corrected chi connectivity index (χ3v) is 6.74. The van der Waals surface area contributed by atoms with Crippen LogP contribution in [0.15, 0.2) is 4.79 Å². The number of hydrogen-bond donors (Lipinski definition) is 2. The Morgan fingerprint density at radius 3 is 2.96 bits per heavy atom. The fourth-order valence-corrected chi connectivity index (χ4v) is 4.96. The minimum Gasteiger partial charge on any atom is -0.356 e. The molecule has 1 unspecified atom stereocenters. The van der Waals surface area contributed by atoms with E-state index < -0.39 is 0 Å². The summed E-state index contributed by atoms with van der Waals surface area (Å²) in [5.41, 5.74) is 0.895. The number of piperidine rings is 1. The van der Waals surface area contributed by atoms with Crippen LogP contribution in [0.2, 0.25) is 0 Å². The number of rotatable bonds is 8. The van der Waals surface area contributed by atoms with Crippen molar-refractivity contribution in [2.24, 2.45) is 5.92 Å². The van der Waals surface area contributed by atoms with E-state index in [2.05, 4.69) is 27.1 Å². The Morgan fingerprint density at radius 1 is 1.36 bits per heavy atom. The predicted molar refractivity (Wildman–Crippen MR) is 115 cm³/mol. The molecule has 7 heteroatoms. The fraction of sp³-hybridized carbons (Fsp3) is 0.667. The maximum atomic E-state index is 12.3. The molecule has 1 atom stereocenters. The summed E-state index contributed by atoms with van der Waals surface area (Å²) in [5.74, 6) is 1.43. The van der Waals surface area contributed by atoms with Gasteiger partial charge in [-0.2, -0.15) is 0 Å². The third kappa shape index (κ3) is 5.41. The van der Waals surface area contributed by atoms with Gasteiger partial charge in [0.15, 0.2) is 0 Å². The lowest BCUT2D eigenvalue weighted by Gasteiger charge is -2.30. The number of amides is 1. The zero-order valence-corrected chi connectivity index (χ0v) is 18.1. The molecule has 2 N–H and O–H groups in total. The molecule has 1 amide bonds. The number of H-pyrrole nitrogens is 1. The van der Waals surface area contributed by atoms with Crippen LogP contribution >= 0.6 is 11.3 Å². The summed E-state index contributed by atoms with van der Waals surface area (Å²) < 4.78 is 0. The highest BCUT2D eigenvalue weighted by atomic mass is 32.1. The second-order valence-corrected chi connectivity index (χ2v) is 9.28. The van der Waals surface area contributed by atoms with E-state index in [9.17, 15) is 9.59 Å². The number of aryl methyl sites for hydroxylation is 3. The minimum atomic E-state index is -0.103. The van der Waals surface area contributed by atoms with Crippen molar-refractivity contribution in [3.63, 3.8) is 0 Å². The van der Waals surface area contributed by atoms with E-state index in [1.807, 2.05) is 13.8 Å². The summed E-state index contributed by atoms with van der Waals surface area (Å²) in [6.45, 7) is 10.6. The summed E-state index contributed by atoms with van der Waals surface area (Å²) in [6.07, 6.45) is 5.59. The van der Waals surface area contributed by atoms with Crippen molar-refractivity contribution in [1.29, 1.82) is 0 Å². The first-order chi connectivity index (χ1) is 13.4. The van der Waals surface area contributed by atoms with Crippen LogP contribution in [0.1, 0.15) is 55.3 Å². The minimum absolute atomic E-state index is 0.0212. The first-order valence-corrected chi connectivity index (χ1v) is 11.2. The quantitative estimate of drug-likeness (QED) is 0.663. The number of hydrogen-bond acceptors (Lipinski definition) is 5. The molecule has 3 rings (SSSR count). The average Bonchev–Trinajstić information content (AvgIpc) is 2.94. The van der Waals surface area contributed by atoms with Crippen molar-refractivity contribution in [2.75, 3.05) is 26.2 Å². The fourth-order valence-electron chi connectivity index (χ4n) is 3.92. The van der Waals surface area contributed by atoms with Crippen LogP contribution in [-0.4, -0.2) is 47.0 Å². The van der Waals surface area contributed by atoms with Crippen LogP contribution in [-0.2, 0) is 11.2 Å². The highest BCUT2D eigenvalue weighted by Crippen LogP contribution is 2.25. The summed E-state index contributed by atoms with van der Waals surface area (Å²) in [4.78, 5) is 36.2. The molecule has 1 saturated heterocycles. The van der Waals surface area contributed by atoms with Crippen LogP contribution in [0.3, 0.4) is 0 Å². The smallest absolute Gasteiger partial charge is 0.259 e. The Hall–Kier alpha value is -1.73. The predicted octanol–water partition coefficient (Wildman–Crippen LogP) is 3.16. The van der Waals surface area contributed by atoms with Crippen molar-refractivity contribution in [2.45, 2.75) is 59.3 Å². The van der Waals surface area contributed by atoms with E-state index in [0.29, 0.717) is 30.6 Å². The largest absolute Gasteiger partial charge is 0.356 e. The molecule has 6 nitrogen and oxygen atoms in total. The highest BCUT2D eigenvalue weighted by molar-refractivity contribution is 7.18. The first kappa shape index (κ1) is 21.0. The van der Waals surface area contributed by atoms with Gasteiger partial charge in [-0.05, 0) is 64.1 Å². The second-order valence-electron chi connectivity index (χ2n) is 8.08. The Kier molecular flexibility index (Phi) is 7.24. The number of carbonyl (C=O) groups is 1. The number of fused-ring (bicyclic) bond motifs is 1. The van der Waals surface area contributed by atoms with Crippen molar-refractivity contribution >= 4 is 27.5 Å². The van der Waals surface area contributed by atoms with Crippen LogP contribution in [0.4, 0.5) is 0 Å². The molecule has 0 spiro atoms. The van der Waals surface area contributed by atoms with Gasteiger partial charge in [0.2, 0.25) is 5.91 Å². The molecule has 0 saturated carbocycles. The maximum absolute atomic E-state index is 12.3. The SMILES string of the molecule is Cc1sc2nc(CCC(=O)NCCCCN3CCCC(C)C3)[nH]c(=O)c2c1C. The normalized spacial score (nSPS) is 17.9. The number of likely N-dealkylation sites (tertiary alicyclic amines) is 1. The lowest BCUT2D eigenvalue weighted by Crippen LogP contribution is -2.35. The number of aromatic nitrogens is 2. The second kappa shape index (κ2) is 9.65. The Balaban J connectivity index is 1.37. The van der Waals surface area contributed by atoms with Crippen LogP contribution in [0.5, 0.6) is 0 Å². The van der Waals surface area contributed by atoms with Gasteiger partial charge in [-0.1, -0.05) is 6.92 Å². The van der Waals surface area contributed by atoms with Gasteiger partial charge in [0.1, 0.15) is 10.7 Å². The monoisotopic (exact) mass is 404 g/mol. The highest BCUT2D eigenvalue weighted by Gasteiger charge is 2.15. The summed E-state index contributed by atoms with van der Waals surface area (Å²) in [6, 6.07) is 0. The molecule has 154 valence electrons. The van der Waals surface area contributed by atoms with E-state index in [1.54, 1.807) is 0 Å². The number of carbonyl (C=O) groups excluding carboxylic acids is 1. The van der Waals surface area contributed by atoms with E-state index in [1.165, 1.54) is 37.3 Å². The molecule has 2 aromatic rings. The van der Waals surface area contributed by atoms with Gasteiger partial charge in [-0.3, -0.25) is 9.59 Å². The molecule has 1 aliphatic heterocycles. The Bertz CT molecular complexity index is 873. The molecule has 0 aliphatic carbocycles. The van der Waals surface area contributed by atoms with Gasteiger partial charge in [-0.15, -0.1) is 11.3 Å². The molecular formula is C21H32N4O2S. The van der Waals surface area contributed by atoms with Gasteiger partial charge in [0.05, 0.1) is 5.39 Å². The molecule has 1 fully saturated rings. The lowest BCUT2D eigenvalue weighted by molar-refractivity contribution is -0.121. The van der Waals surface area contributed by atoms with Crippen LogP contribution in [0, 0.1) is 19.8 Å². The topological polar surface area (TPSA) is 78.1 Å². The van der Waals surface area contributed by atoms with E-state index in [4.69, 9.17) is 0 Å². The van der Waals surface area contributed by atoms with Crippen LogP contribution in [0.25, 0.3) is 10.2 Å². The van der Waals surface area contributed by atoms with Gasteiger partial charge in [0, 0.05) is 30.8 Å². The van der Waals surface area contributed by atoms with Gasteiger partial charge in [-0.25, -0.2) is 4.98 Å². The van der Waals surface area contributed by atoms with Gasteiger partial charge >= 0.3 is 0 Å². The summed E-state index contributed by atoms with van der Waals surface area (Å²) >= 11 is 1.54. The molecule has 1 aliphatic rings. The Morgan fingerprint density at radius 2 is 2.18 bits per heavy atom. The number of unbranched alkanes of at least 4 members (excludes halogenated alkanes) is 1. The molecule has 3 heterocycles. The van der Waals surface area contributed by atoms with Crippen molar-refractivity contribution in [3.05, 3.63) is 26.6 Å². The average molecular weight is 405 g/mol. The third-order valence-electron chi connectivity index (χ3n) is 5.64. The summed E-state index contributed by atoms with van der Waals surface area (Å²) in [7, 11) is 0. The van der Waals surface area contributed by atoms with Gasteiger partial charge < -0.3 is 15.2 Å². The summed E-state index contributed by atoms with van der Waals surface area (Å²) in [5, 5.41) is 3.67. The molecule has 28 heavy (non-hydrogen) atoms. The number of aromatic amines is 1. The van der Waals surface area contributed by atoms with Crippen molar-refractivity contribution < 1.29 is 4.79 Å². The first-order valence-electron chi connectivity index (χ1n) is 10.4. The zero-order valence-electron chi connectivity index (χ0n) is 17.3. The zero-order chi connectivity index (χ0) is 20.1. The number of nitrogens with one attached hydrogen (secondary N) is 2. The number of nitrogens with zero attached hydrogens (tertiary/aromatic N) is 2. The molecule has 0 bridgehead atoms. The van der Waals surface area contributed by atoms with Crippen LogP contribution < -0.4 is 10.9 Å². The van der Waals surface area contributed by atoms with E-state index >= 15 is 0 Å². The Labute approximate surface area is 170 Å². The van der Waals surface area contributed by atoms with Gasteiger partial charge in [0.25, 0.3) is 5.56 Å². The standard InChI is InChI=1S/C21H32N4O2S/c1-14-7-6-12-25(13-14)11-5-4-10-22-18(26)9-8-17-23-20(27)19-15(2)16(3)28-21(19)24-17/h14H,4-13H2,1-3H3,(H,22,26)(H,23,24,27). The number of thiophene rings is 1. The molecule has 2 aromatic heterocycles. The van der Waals surface area contributed by atoms with E-state index in [0.717, 1.165) is 40.6 Å². The maximum Gasteiger partial charge on any atom is 0.259 e. The molecular weight excluding hydrogens is 372 g/mol. The van der Waals surface area contributed by atoms with Crippen molar-refractivity contribution in [1.82, 2.24) is 20.2 Å². The van der Waals surface area contributed by atoms with Crippen molar-refractivity contribution in [3.8, 4) is 0 Å². The van der Waals surface area contributed by atoms with E-state index in [-0.39, 0.29) is 11.5 Å². The molecule has 0 aromatic carbocycles.